The summed E-state index contributed by atoms with van der Waals surface area (Å²) in [5.41, 5.74) is 1.41. The summed E-state index contributed by atoms with van der Waals surface area (Å²) in [7, 11) is 0. The molecule has 2 aromatic carbocycles. The zero-order chi connectivity index (χ0) is 21.3. The van der Waals surface area contributed by atoms with Gasteiger partial charge in [0.1, 0.15) is 5.82 Å². The zero-order valence-corrected chi connectivity index (χ0v) is 18.4. The average molecular weight is 447 g/mol. The van der Waals surface area contributed by atoms with E-state index < -0.39 is 5.82 Å². The molecule has 2 aliphatic rings. The van der Waals surface area contributed by atoms with Crippen molar-refractivity contribution in [2.24, 2.45) is 5.92 Å². The van der Waals surface area contributed by atoms with Crippen molar-refractivity contribution in [3.05, 3.63) is 58.4 Å². The molecule has 1 heterocycles. The van der Waals surface area contributed by atoms with E-state index in [0.29, 0.717) is 17.2 Å². The van der Waals surface area contributed by atoms with Crippen molar-refractivity contribution in [3.8, 4) is 0 Å². The molecule has 2 atom stereocenters. The Morgan fingerprint density at radius 2 is 2.07 bits per heavy atom. The van der Waals surface area contributed by atoms with Crippen molar-refractivity contribution in [1.29, 1.82) is 0 Å². The van der Waals surface area contributed by atoms with Crippen molar-refractivity contribution in [2.75, 3.05) is 10.7 Å². The number of nitrogens with zero attached hydrogens (tertiary/aromatic N) is 1. The smallest absolute Gasteiger partial charge is 0.251 e. The SMILES string of the molecule is C[C@@H]1CCCC[C@H]1NC(=O)c1ccc2c(c1)N(Cc1c(F)cccc1Cl)C(=O)CS2. The molecule has 0 unspecified atom stereocenters. The van der Waals surface area contributed by atoms with Crippen LogP contribution in [-0.2, 0) is 11.3 Å². The molecular weight excluding hydrogens is 423 g/mol. The molecule has 2 aromatic rings. The van der Waals surface area contributed by atoms with Crippen LogP contribution in [0.25, 0.3) is 0 Å². The minimum absolute atomic E-state index is 0.0304. The largest absolute Gasteiger partial charge is 0.349 e. The molecule has 0 saturated heterocycles. The summed E-state index contributed by atoms with van der Waals surface area (Å²) >= 11 is 7.61. The molecule has 1 aliphatic heterocycles. The predicted molar refractivity (Wildman–Crippen MR) is 119 cm³/mol. The maximum Gasteiger partial charge on any atom is 0.251 e. The molecule has 0 aromatic heterocycles. The first kappa shape index (κ1) is 21.2. The summed E-state index contributed by atoms with van der Waals surface area (Å²) in [6.45, 7) is 2.20. The highest BCUT2D eigenvalue weighted by Crippen LogP contribution is 2.38. The Bertz CT molecular complexity index is 963. The lowest BCUT2D eigenvalue weighted by Crippen LogP contribution is -2.41. The third-order valence-corrected chi connectivity index (χ3v) is 7.37. The lowest BCUT2D eigenvalue weighted by atomic mass is 9.86. The number of hydrogen-bond acceptors (Lipinski definition) is 3. The number of fused-ring (bicyclic) bond motifs is 1. The fourth-order valence-corrected chi connectivity index (χ4v) is 5.28. The highest BCUT2D eigenvalue weighted by Gasteiger charge is 2.28. The summed E-state index contributed by atoms with van der Waals surface area (Å²) in [6, 6.07) is 10.0. The number of rotatable bonds is 4. The molecule has 0 radical (unpaired) electrons. The first-order chi connectivity index (χ1) is 14.4. The van der Waals surface area contributed by atoms with Crippen LogP contribution in [0.2, 0.25) is 5.02 Å². The Morgan fingerprint density at radius 3 is 2.83 bits per heavy atom. The van der Waals surface area contributed by atoms with Crippen LogP contribution in [-0.4, -0.2) is 23.6 Å². The van der Waals surface area contributed by atoms with Gasteiger partial charge in [0.25, 0.3) is 5.91 Å². The van der Waals surface area contributed by atoms with Gasteiger partial charge in [-0.2, -0.15) is 0 Å². The van der Waals surface area contributed by atoms with E-state index in [-0.39, 0.29) is 40.7 Å². The van der Waals surface area contributed by atoms with Crippen LogP contribution in [0.1, 0.15) is 48.5 Å². The van der Waals surface area contributed by atoms with Crippen molar-refractivity contribution in [2.45, 2.75) is 50.1 Å². The number of thioether (sulfide) groups is 1. The Morgan fingerprint density at radius 1 is 1.27 bits per heavy atom. The second-order valence-corrected chi connectivity index (χ2v) is 9.42. The molecule has 0 bridgehead atoms. The van der Waals surface area contributed by atoms with E-state index in [2.05, 4.69) is 12.2 Å². The Kier molecular flexibility index (Phi) is 6.34. The van der Waals surface area contributed by atoms with Crippen LogP contribution in [0.5, 0.6) is 0 Å². The van der Waals surface area contributed by atoms with Crippen LogP contribution in [0.3, 0.4) is 0 Å². The van der Waals surface area contributed by atoms with Gasteiger partial charge in [-0.3, -0.25) is 9.59 Å². The maximum absolute atomic E-state index is 14.3. The Balaban J connectivity index is 1.60. The van der Waals surface area contributed by atoms with Crippen LogP contribution in [0.15, 0.2) is 41.3 Å². The van der Waals surface area contributed by atoms with E-state index in [1.807, 2.05) is 6.07 Å². The van der Waals surface area contributed by atoms with E-state index >= 15 is 0 Å². The van der Waals surface area contributed by atoms with Gasteiger partial charge in [-0.1, -0.05) is 37.4 Å². The van der Waals surface area contributed by atoms with Crippen LogP contribution < -0.4 is 10.2 Å². The van der Waals surface area contributed by atoms with Gasteiger partial charge in [0.15, 0.2) is 0 Å². The second kappa shape index (κ2) is 8.98. The van der Waals surface area contributed by atoms with Crippen LogP contribution in [0, 0.1) is 11.7 Å². The predicted octanol–water partition coefficient (Wildman–Crippen LogP) is 5.43. The van der Waals surface area contributed by atoms with Crippen molar-refractivity contribution in [3.63, 3.8) is 0 Å². The molecule has 4 rings (SSSR count). The summed E-state index contributed by atoms with van der Waals surface area (Å²) < 4.78 is 14.3. The molecule has 2 amide bonds. The van der Waals surface area contributed by atoms with Gasteiger partial charge in [-0.05, 0) is 49.1 Å². The Hall–Kier alpha value is -2.05. The summed E-state index contributed by atoms with van der Waals surface area (Å²) in [5, 5.41) is 3.44. The number of nitrogens with one attached hydrogen (secondary N) is 1. The summed E-state index contributed by atoms with van der Waals surface area (Å²) in [5.74, 6) is 0.00523. The highest BCUT2D eigenvalue weighted by molar-refractivity contribution is 8.00. The summed E-state index contributed by atoms with van der Waals surface area (Å²) in [6.07, 6.45) is 4.45. The van der Waals surface area contributed by atoms with Crippen molar-refractivity contribution < 1.29 is 14.0 Å². The first-order valence-corrected chi connectivity index (χ1v) is 11.6. The zero-order valence-electron chi connectivity index (χ0n) is 16.8. The number of hydrogen-bond donors (Lipinski definition) is 1. The molecule has 7 heteroatoms. The van der Waals surface area contributed by atoms with E-state index in [4.69, 9.17) is 11.6 Å². The lowest BCUT2D eigenvalue weighted by Gasteiger charge is -2.31. The quantitative estimate of drug-likeness (QED) is 0.681. The number of benzene rings is 2. The third kappa shape index (κ3) is 4.35. The van der Waals surface area contributed by atoms with Crippen molar-refractivity contribution >= 4 is 40.9 Å². The van der Waals surface area contributed by atoms with Gasteiger partial charge in [0, 0.05) is 27.1 Å². The van der Waals surface area contributed by atoms with Gasteiger partial charge >= 0.3 is 0 Å². The molecule has 158 valence electrons. The standard InChI is InChI=1S/C23H24ClFN2O2S/c1-14-5-2-3-8-19(14)26-23(29)15-9-10-21-20(11-15)27(22(28)13-30-21)12-16-17(24)6-4-7-18(16)25/h4,6-7,9-11,14,19H,2-3,5,8,12-13H2,1H3,(H,26,29)/t14-,19-/m1/s1. The lowest BCUT2D eigenvalue weighted by molar-refractivity contribution is -0.116. The van der Waals surface area contributed by atoms with Gasteiger partial charge < -0.3 is 10.2 Å². The fourth-order valence-electron chi connectivity index (χ4n) is 4.14. The second-order valence-electron chi connectivity index (χ2n) is 7.99. The molecule has 30 heavy (non-hydrogen) atoms. The number of amides is 2. The van der Waals surface area contributed by atoms with Crippen molar-refractivity contribution in [1.82, 2.24) is 5.32 Å². The van der Waals surface area contributed by atoms with Gasteiger partial charge in [0.2, 0.25) is 5.91 Å². The van der Waals surface area contributed by atoms with Gasteiger partial charge in [0.05, 0.1) is 18.0 Å². The Labute approximate surface area is 185 Å². The molecule has 1 fully saturated rings. The fraction of sp³-hybridized carbons (Fsp3) is 0.391. The maximum atomic E-state index is 14.3. The van der Waals surface area contributed by atoms with E-state index in [0.717, 1.165) is 24.2 Å². The van der Waals surface area contributed by atoms with Crippen LogP contribution >= 0.6 is 23.4 Å². The number of anilines is 1. The minimum atomic E-state index is -0.449. The van der Waals surface area contributed by atoms with Gasteiger partial charge in [-0.25, -0.2) is 4.39 Å². The molecule has 1 N–H and O–H groups in total. The number of carbonyl (C=O) groups excluding carboxylic acids is 2. The molecular formula is C23H24ClFN2O2S. The first-order valence-electron chi connectivity index (χ1n) is 10.2. The van der Waals surface area contributed by atoms with E-state index in [9.17, 15) is 14.0 Å². The number of carbonyl (C=O) groups is 2. The molecule has 4 nitrogen and oxygen atoms in total. The average Bonchev–Trinajstić information content (AvgIpc) is 2.73. The van der Waals surface area contributed by atoms with Gasteiger partial charge in [-0.15, -0.1) is 11.8 Å². The monoisotopic (exact) mass is 446 g/mol. The molecule has 0 spiro atoms. The van der Waals surface area contributed by atoms with E-state index in [1.165, 1.54) is 35.2 Å². The topological polar surface area (TPSA) is 49.4 Å². The normalized spacial score (nSPS) is 21.3. The van der Waals surface area contributed by atoms with Crippen LogP contribution in [0.4, 0.5) is 10.1 Å². The summed E-state index contributed by atoms with van der Waals surface area (Å²) in [4.78, 5) is 28.0. The third-order valence-electron chi connectivity index (χ3n) is 5.97. The minimum Gasteiger partial charge on any atom is -0.349 e. The number of halogens is 2. The molecule has 1 saturated carbocycles. The van der Waals surface area contributed by atoms with E-state index in [1.54, 1.807) is 18.2 Å². The molecule has 1 aliphatic carbocycles. The highest BCUT2D eigenvalue weighted by atomic mass is 35.5.